The van der Waals surface area contributed by atoms with Crippen molar-refractivity contribution in [2.75, 3.05) is 11.9 Å². The van der Waals surface area contributed by atoms with Crippen LogP contribution in [0.3, 0.4) is 0 Å². The molecule has 0 N–H and O–H groups in total. The van der Waals surface area contributed by atoms with E-state index in [4.69, 9.17) is 11.6 Å². The van der Waals surface area contributed by atoms with Crippen LogP contribution in [-0.2, 0) is 11.2 Å². The number of carbonyl (C=O) groups is 2. The van der Waals surface area contributed by atoms with E-state index in [1.165, 1.54) is 0 Å². The van der Waals surface area contributed by atoms with Crippen molar-refractivity contribution in [3.63, 3.8) is 0 Å². The molecule has 3 rings (SSSR count). The number of pyridine rings is 2. The molecule has 0 saturated heterocycles. The Morgan fingerprint density at radius 3 is 2.43 bits per heavy atom. The third kappa shape index (κ3) is 5.10. The van der Waals surface area contributed by atoms with Crippen LogP contribution in [0.5, 0.6) is 0 Å². The van der Waals surface area contributed by atoms with Gasteiger partial charge in [-0.05, 0) is 54.8 Å². The minimum absolute atomic E-state index is 0.0378. The smallest absolute Gasteiger partial charge is 0.226 e. The first kappa shape index (κ1) is 21.7. The van der Waals surface area contributed by atoms with Crippen LogP contribution in [0, 0.1) is 6.92 Å². The molecule has 5 nitrogen and oxygen atoms in total. The number of nitrogens with zero attached hydrogens (tertiary/aromatic N) is 3. The third-order valence-electron chi connectivity index (χ3n) is 5.06. The predicted octanol–water partition coefficient (Wildman–Crippen LogP) is 5.29. The van der Waals surface area contributed by atoms with Crippen molar-refractivity contribution in [1.29, 1.82) is 0 Å². The maximum atomic E-state index is 12.5. The Balaban J connectivity index is 1.69. The SMILES string of the molecule is CCC(=O)N(C)c1ccc(-c2ccc(C(=O)CCc3ccc(Cl)nc3)cn2)c(C)c1. The lowest BCUT2D eigenvalue weighted by Gasteiger charge is -2.18. The monoisotopic (exact) mass is 421 g/mol. The standard InChI is InChI=1S/C24H24ClN3O2/c1-4-24(30)28(3)19-8-9-20(16(2)13-19)21-10-7-18(15-26-21)22(29)11-5-17-6-12-23(25)27-14-17/h6-10,12-15H,4-5,11H2,1-3H3. The Morgan fingerprint density at radius 1 is 1.03 bits per heavy atom. The van der Waals surface area contributed by atoms with Crippen LogP contribution < -0.4 is 4.90 Å². The van der Waals surface area contributed by atoms with Crippen molar-refractivity contribution in [2.45, 2.75) is 33.1 Å². The zero-order valence-corrected chi connectivity index (χ0v) is 18.1. The van der Waals surface area contributed by atoms with E-state index < -0.39 is 0 Å². The number of carbonyl (C=O) groups excluding carboxylic acids is 2. The number of anilines is 1. The second-order valence-electron chi connectivity index (χ2n) is 7.15. The minimum Gasteiger partial charge on any atom is -0.316 e. The van der Waals surface area contributed by atoms with E-state index in [2.05, 4.69) is 9.97 Å². The van der Waals surface area contributed by atoms with Crippen LogP contribution in [0.2, 0.25) is 5.15 Å². The van der Waals surface area contributed by atoms with Gasteiger partial charge >= 0.3 is 0 Å². The summed E-state index contributed by atoms with van der Waals surface area (Å²) in [4.78, 5) is 34.6. The summed E-state index contributed by atoms with van der Waals surface area (Å²) in [6.45, 7) is 3.84. The number of hydrogen-bond donors (Lipinski definition) is 0. The average Bonchev–Trinajstić information content (AvgIpc) is 2.77. The molecule has 2 heterocycles. The van der Waals surface area contributed by atoms with Gasteiger partial charge in [0.2, 0.25) is 5.91 Å². The maximum Gasteiger partial charge on any atom is 0.226 e. The number of aromatic nitrogens is 2. The van der Waals surface area contributed by atoms with Crippen LogP contribution in [0.15, 0.2) is 54.9 Å². The van der Waals surface area contributed by atoms with Gasteiger partial charge in [0.25, 0.3) is 0 Å². The Hall–Kier alpha value is -3.05. The van der Waals surface area contributed by atoms with Crippen LogP contribution in [0.4, 0.5) is 5.69 Å². The van der Waals surface area contributed by atoms with Gasteiger partial charge in [0.05, 0.1) is 5.69 Å². The molecule has 0 aliphatic carbocycles. The zero-order chi connectivity index (χ0) is 21.7. The highest BCUT2D eigenvalue weighted by atomic mass is 35.5. The van der Waals surface area contributed by atoms with Crippen LogP contribution in [0.1, 0.15) is 41.3 Å². The van der Waals surface area contributed by atoms with Crippen molar-refractivity contribution in [3.8, 4) is 11.3 Å². The Labute approximate surface area is 181 Å². The third-order valence-corrected chi connectivity index (χ3v) is 5.29. The number of benzene rings is 1. The molecular formula is C24H24ClN3O2. The fourth-order valence-corrected chi connectivity index (χ4v) is 3.31. The van der Waals surface area contributed by atoms with Crippen molar-refractivity contribution < 1.29 is 9.59 Å². The summed E-state index contributed by atoms with van der Waals surface area (Å²) < 4.78 is 0. The molecule has 0 unspecified atom stereocenters. The number of ketones is 1. The first-order valence-electron chi connectivity index (χ1n) is 9.86. The molecule has 2 aromatic heterocycles. The first-order chi connectivity index (χ1) is 14.4. The van der Waals surface area contributed by atoms with Gasteiger partial charge in [-0.2, -0.15) is 0 Å². The van der Waals surface area contributed by atoms with Gasteiger partial charge < -0.3 is 4.90 Å². The zero-order valence-electron chi connectivity index (χ0n) is 17.4. The Morgan fingerprint density at radius 2 is 1.83 bits per heavy atom. The average molecular weight is 422 g/mol. The number of hydrogen-bond acceptors (Lipinski definition) is 4. The number of halogens is 1. The number of rotatable bonds is 7. The number of aryl methyl sites for hydroxylation is 2. The van der Waals surface area contributed by atoms with Crippen molar-refractivity contribution in [3.05, 3.63) is 76.7 Å². The van der Waals surface area contributed by atoms with E-state index >= 15 is 0 Å². The molecule has 0 saturated carbocycles. The van der Waals surface area contributed by atoms with E-state index in [9.17, 15) is 9.59 Å². The Kier molecular flexibility index (Phi) is 6.95. The summed E-state index contributed by atoms with van der Waals surface area (Å²) in [5, 5.41) is 0.441. The molecule has 0 bridgehead atoms. The molecule has 154 valence electrons. The second kappa shape index (κ2) is 9.63. The van der Waals surface area contributed by atoms with Gasteiger partial charge in [-0.1, -0.05) is 30.7 Å². The number of Topliss-reactive ketones (excluding diaryl/α,β-unsaturated/α-hetero) is 1. The fourth-order valence-electron chi connectivity index (χ4n) is 3.20. The summed E-state index contributed by atoms with van der Waals surface area (Å²) in [5.74, 6) is 0.105. The van der Waals surface area contributed by atoms with E-state index in [1.807, 2.05) is 50.2 Å². The summed E-state index contributed by atoms with van der Waals surface area (Å²) in [6, 6.07) is 13.1. The molecule has 0 aliphatic heterocycles. The van der Waals surface area contributed by atoms with Crippen molar-refractivity contribution >= 4 is 29.0 Å². The van der Waals surface area contributed by atoms with Crippen LogP contribution in [0.25, 0.3) is 11.3 Å². The molecule has 0 fully saturated rings. The summed E-state index contributed by atoms with van der Waals surface area (Å²) in [5.41, 5.74) is 5.20. The van der Waals surface area contributed by atoms with E-state index in [-0.39, 0.29) is 11.7 Å². The molecule has 0 spiro atoms. The van der Waals surface area contributed by atoms with E-state index in [0.717, 1.165) is 28.1 Å². The molecule has 3 aromatic rings. The fraction of sp³-hybridized carbons (Fsp3) is 0.250. The summed E-state index contributed by atoms with van der Waals surface area (Å²) >= 11 is 5.79. The first-order valence-corrected chi connectivity index (χ1v) is 10.2. The van der Waals surface area contributed by atoms with Crippen molar-refractivity contribution in [2.24, 2.45) is 0 Å². The lowest BCUT2D eigenvalue weighted by Crippen LogP contribution is -2.25. The van der Waals surface area contributed by atoms with Gasteiger partial charge in [-0.25, -0.2) is 4.98 Å². The maximum absolute atomic E-state index is 12.5. The van der Waals surface area contributed by atoms with E-state index in [1.54, 1.807) is 30.4 Å². The highest BCUT2D eigenvalue weighted by Gasteiger charge is 2.12. The Bertz CT molecular complexity index is 1050. The van der Waals surface area contributed by atoms with Gasteiger partial charge in [0.1, 0.15) is 5.15 Å². The summed E-state index contributed by atoms with van der Waals surface area (Å²) in [7, 11) is 1.78. The van der Waals surface area contributed by atoms with Crippen LogP contribution in [-0.4, -0.2) is 28.7 Å². The summed E-state index contributed by atoms with van der Waals surface area (Å²) in [6.07, 6.45) is 4.76. The van der Waals surface area contributed by atoms with Crippen LogP contribution >= 0.6 is 11.6 Å². The molecular weight excluding hydrogens is 398 g/mol. The largest absolute Gasteiger partial charge is 0.316 e. The van der Waals surface area contributed by atoms with Gasteiger partial charge in [0.15, 0.2) is 5.78 Å². The second-order valence-corrected chi connectivity index (χ2v) is 7.54. The van der Waals surface area contributed by atoms with Gasteiger partial charge in [-0.15, -0.1) is 0 Å². The van der Waals surface area contributed by atoms with E-state index in [0.29, 0.717) is 30.0 Å². The molecule has 0 atom stereocenters. The quantitative estimate of drug-likeness (QED) is 0.384. The predicted molar refractivity (Wildman–Crippen MR) is 120 cm³/mol. The topological polar surface area (TPSA) is 63.2 Å². The highest BCUT2D eigenvalue weighted by molar-refractivity contribution is 6.29. The molecule has 1 amide bonds. The minimum atomic E-state index is 0.0378. The lowest BCUT2D eigenvalue weighted by atomic mass is 10.0. The normalized spacial score (nSPS) is 10.7. The van der Waals surface area contributed by atoms with Gasteiger partial charge in [-0.3, -0.25) is 14.6 Å². The molecule has 1 aromatic carbocycles. The highest BCUT2D eigenvalue weighted by Crippen LogP contribution is 2.26. The molecule has 6 heteroatoms. The molecule has 0 aliphatic rings. The van der Waals surface area contributed by atoms with Gasteiger partial charge in [0, 0.05) is 49.1 Å². The lowest BCUT2D eigenvalue weighted by molar-refractivity contribution is -0.118. The molecule has 0 radical (unpaired) electrons. The molecule has 30 heavy (non-hydrogen) atoms. The number of amides is 1. The van der Waals surface area contributed by atoms with Crippen molar-refractivity contribution in [1.82, 2.24) is 9.97 Å².